The van der Waals surface area contributed by atoms with Crippen LogP contribution in [0.5, 0.6) is 0 Å². The first kappa shape index (κ1) is 14.5. The van der Waals surface area contributed by atoms with Gasteiger partial charge in [0.15, 0.2) is 11.4 Å². The Morgan fingerprint density at radius 2 is 1.83 bits per heavy atom. The number of morpholine rings is 1. The minimum Gasteiger partial charge on any atom is -0.422 e. The number of nitrogen functional groups attached to an aromatic ring is 1. The number of anilines is 3. The lowest BCUT2D eigenvalue weighted by atomic mass is 10.1. The standard InChI is InChI=1S/C15H20FN5O2/c16-10-1-3-20(4-2-10)14-11(17)9-12-13(18-14)19-15(23-12)21-5-7-22-8-6-21/h9-10H,1-8,17H2. The van der Waals surface area contributed by atoms with E-state index in [1.807, 2.05) is 9.80 Å². The van der Waals surface area contributed by atoms with E-state index in [4.69, 9.17) is 14.9 Å². The first-order valence-electron chi connectivity index (χ1n) is 7.99. The number of pyridine rings is 1. The number of hydrogen-bond acceptors (Lipinski definition) is 7. The summed E-state index contributed by atoms with van der Waals surface area (Å²) in [4.78, 5) is 13.1. The normalized spacial score (nSPS) is 20.4. The van der Waals surface area contributed by atoms with Crippen LogP contribution in [0.1, 0.15) is 12.8 Å². The van der Waals surface area contributed by atoms with E-state index in [2.05, 4.69) is 9.97 Å². The largest absolute Gasteiger partial charge is 0.422 e. The smallest absolute Gasteiger partial charge is 0.300 e. The summed E-state index contributed by atoms with van der Waals surface area (Å²) >= 11 is 0. The van der Waals surface area contributed by atoms with Crippen LogP contribution in [0.25, 0.3) is 11.2 Å². The second kappa shape index (κ2) is 5.84. The molecule has 0 bridgehead atoms. The lowest BCUT2D eigenvalue weighted by Gasteiger charge is -2.30. The second-order valence-corrected chi connectivity index (χ2v) is 5.98. The molecule has 124 valence electrons. The van der Waals surface area contributed by atoms with Crippen LogP contribution in [0, 0.1) is 0 Å². The molecule has 4 heterocycles. The summed E-state index contributed by atoms with van der Waals surface area (Å²) in [6.07, 6.45) is 0.296. The number of nitrogens with two attached hydrogens (primary N) is 1. The van der Waals surface area contributed by atoms with E-state index in [1.54, 1.807) is 6.07 Å². The predicted octanol–water partition coefficient (Wildman–Crippen LogP) is 1.58. The number of rotatable bonds is 2. The highest BCUT2D eigenvalue weighted by molar-refractivity contribution is 5.80. The molecule has 2 aliphatic heterocycles. The fraction of sp³-hybridized carbons (Fsp3) is 0.600. The molecule has 23 heavy (non-hydrogen) atoms. The molecule has 2 N–H and O–H groups in total. The van der Waals surface area contributed by atoms with Crippen molar-refractivity contribution in [3.8, 4) is 0 Å². The number of alkyl halides is 1. The molecular formula is C15H20FN5O2. The lowest BCUT2D eigenvalue weighted by molar-refractivity contribution is 0.120. The number of hydrogen-bond donors (Lipinski definition) is 1. The maximum absolute atomic E-state index is 13.3. The van der Waals surface area contributed by atoms with Gasteiger partial charge in [-0.2, -0.15) is 4.98 Å². The minimum atomic E-state index is -0.726. The summed E-state index contributed by atoms with van der Waals surface area (Å²) in [5.74, 6) is 0.672. The number of fused-ring (bicyclic) bond motifs is 1. The van der Waals surface area contributed by atoms with Crippen molar-refractivity contribution in [3.05, 3.63) is 6.07 Å². The fourth-order valence-corrected chi connectivity index (χ4v) is 3.06. The molecule has 0 atom stereocenters. The average molecular weight is 321 g/mol. The Hall–Kier alpha value is -2.09. The number of piperidine rings is 1. The van der Waals surface area contributed by atoms with Gasteiger partial charge in [0.05, 0.1) is 18.9 Å². The van der Waals surface area contributed by atoms with Gasteiger partial charge in [0, 0.05) is 32.2 Å². The van der Waals surface area contributed by atoms with Crippen LogP contribution < -0.4 is 15.5 Å². The van der Waals surface area contributed by atoms with Gasteiger partial charge in [0.25, 0.3) is 6.01 Å². The third-order valence-corrected chi connectivity index (χ3v) is 4.39. The van der Waals surface area contributed by atoms with Crippen LogP contribution in [0.4, 0.5) is 21.9 Å². The molecular weight excluding hydrogens is 301 g/mol. The highest BCUT2D eigenvalue weighted by Crippen LogP contribution is 2.30. The van der Waals surface area contributed by atoms with Gasteiger partial charge < -0.3 is 24.7 Å². The number of nitrogens with zero attached hydrogens (tertiary/aromatic N) is 4. The Balaban J connectivity index is 1.63. The Morgan fingerprint density at radius 3 is 2.57 bits per heavy atom. The number of halogens is 1. The van der Waals surface area contributed by atoms with Crippen molar-refractivity contribution in [1.29, 1.82) is 0 Å². The monoisotopic (exact) mass is 321 g/mol. The summed E-state index contributed by atoms with van der Waals surface area (Å²) in [6.45, 7) is 4.07. The van der Waals surface area contributed by atoms with Gasteiger partial charge in [0.2, 0.25) is 5.65 Å². The molecule has 2 fully saturated rings. The van der Waals surface area contributed by atoms with Gasteiger partial charge in [-0.15, -0.1) is 0 Å². The zero-order valence-corrected chi connectivity index (χ0v) is 12.9. The third kappa shape index (κ3) is 2.78. The number of oxazole rings is 1. The summed E-state index contributed by atoms with van der Waals surface area (Å²) in [5, 5.41) is 0. The Bertz CT molecular complexity index is 692. The first-order chi connectivity index (χ1) is 11.2. The molecule has 0 aromatic carbocycles. The topological polar surface area (TPSA) is 80.6 Å². The van der Waals surface area contributed by atoms with Crippen LogP contribution in [-0.4, -0.2) is 55.5 Å². The fourth-order valence-electron chi connectivity index (χ4n) is 3.06. The Labute approximate surface area is 133 Å². The highest BCUT2D eigenvalue weighted by atomic mass is 19.1. The molecule has 0 amide bonds. The van der Waals surface area contributed by atoms with Crippen molar-refractivity contribution in [3.63, 3.8) is 0 Å². The van der Waals surface area contributed by atoms with Crippen molar-refractivity contribution in [2.24, 2.45) is 0 Å². The van der Waals surface area contributed by atoms with E-state index in [0.717, 1.165) is 13.1 Å². The molecule has 2 aromatic heterocycles. The van der Waals surface area contributed by atoms with Crippen molar-refractivity contribution >= 4 is 28.8 Å². The van der Waals surface area contributed by atoms with Gasteiger partial charge in [-0.25, -0.2) is 9.37 Å². The van der Waals surface area contributed by atoms with Crippen LogP contribution in [-0.2, 0) is 4.74 Å². The average Bonchev–Trinajstić information content (AvgIpc) is 2.98. The van der Waals surface area contributed by atoms with Gasteiger partial charge in [-0.3, -0.25) is 0 Å². The molecule has 2 aromatic rings. The molecule has 2 aliphatic rings. The molecule has 4 rings (SSSR count). The third-order valence-electron chi connectivity index (χ3n) is 4.39. The Morgan fingerprint density at radius 1 is 1.09 bits per heavy atom. The zero-order valence-electron chi connectivity index (χ0n) is 12.9. The molecule has 0 aliphatic carbocycles. The molecule has 8 heteroatoms. The highest BCUT2D eigenvalue weighted by Gasteiger charge is 2.23. The molecule has 0 radical (unpaired) electrons. The molecule has 0 unspecified atom stereocenters. The van der Waals surface area contributed by atoms with Crippen molar-refractivity contribution < 1.29 is 13.5 Å². The van der Waals surface area contributed by atoms with Gasteiger partial charge in [-0.1, -0.05) is 0 Å². The summed E-state index contributed by atoms with van der Waals surface area (Å²) < 4.78 is 24.4. The predicted molar refractivity (Wildman–Crippen MR) is 85.6 cm³/mol. The number of aromatic nitrogens is 2. The molecule has 2 saturated heterocycles. The van der Waals surface area contributed by atoms with E-state index >= 15 is 0 Å². The van der Waals surface area contributed by atoms with Crippen LogP contribution in [0.3, 0.4) is 0 Å². The molecule has 0 saturated carbocycles. The Kier molecular flexibility index (Phi) is 3.68. The van der Waals surface area contributed by atoms with Gasteiger partial charge >= 0.3 is 0 Å². The lowest BCUT2D eigenvalue weighted by Crippen LogP contribution is -2.36. The van der Waals surface area contributed by atoms with Crippen LogP contribution in [0.2, 0.25) is 0 Å². The SMILES string of the molecule is Nc1cc2oc(N3CCOCC3)nc2nc1N1CCC(F)CC1. The van der Waals surface area contributed by atoms with Gasteiger partial charge in [-0.05, 0) is 12.8 Å². The second-order valence-electron chi connectivity index (χ2n) is 5.98. The van der Waals surface area contributed by atoms with E-state index < -0.39 is 6.17 Å². The molecule has 0 spiro atoms. The van der Waals surface area contributed by atoms with E-state index in [9.17, 15) is 4.39 Å². The maximum atomic E-state index is 13.3. The summed E-state index contributed by atoms with van der Waals surface area (Å²) in [6, 6.07) is 2.31. The van der Waals surface area contributed by atoms with Crippen molar-refractivity contribution in [2.45, 2.75) is 19.0 Å². The van der Waals surface area contributed by atoms with E-state index in [-0.39, 0.29) is 0 Å². The van der Waals surface area contributed by atoms with Crippen molar-refractivity contribution in [1.82, 2.24) is 9.97 Å². The van der Waals surface area contributed by atoms with Crippen molar-refractivity contribution in [2.75, 3.05) is 54.9 Å². The summed E-state index contributed by atoms with van der Waals surface area (Å²) in [5.41, 5.74) is 7.78. The van der Waals surface area contributed by atoms with Crippen LogP contribution >= 0.6 is 0 Å². The summed E-state index contributed by atoms with van der Waals surface area (Å²) in [7, 11) is 0. The van der Waals surface area contributed by atoms with E-state index in [1.165, 1.54) is 0 Å². The molecule has 7 nitrogen and oxygen atoms in total. The minimum absolute atomic E-state index is 0.511. The maximum Gasteiger partial charge on any atom is 0.300 e. The number of ether oxygens (including phenoxy) is 1. The zero-order chi connectivity index (χ0) is 15.8. The van der Waals surface area contributed by atoms with Crippen LogP contribution in [0.15, 0.2) is 10.5 Å². The van der Waals surface area contributed by atoms with Gasteiger partial charge in [0.1, 0.15) is 6.17 Å². The first-order valence-corrected chi connectivity index (χ1v) is 7.99. The quantitative estimate of drug-likeness (QED) is 0.899. The van der Waals surface area contributed by atoms with E-state index in [0.29, 0.717) is 67.9 Å².